The molecule has 5 aliphatic heterocycles. The molecule has 148 valence electrons. The van der Waals surface area contributed by atoms with Gasteiger partial charge in [-0.1, -0.05) is 25.1 Å². The van der Waals surface area contributed by atoms with Gasteiger partial charge in [0.15, 0.2) is 6.23 Å². The van der Waals surface area contributed by atoms with Crippen LogP contribution in [0.1, 0.15) is 38.7 Å². The van der Waals surface area contributed by atoms with Crippen LogP contribution < -0.4 is 21.9 Å². The van der Waals surface area contributed by atoms with Crippen molar-refractivity contribution in [3.05, 3.63) is 29.8 Å². The van der Waals surface area contributed by atoms with Crippen molar-refractivity contribution >= 4 is 5.69 Å². The summed E-state index contributed by atoms with van der Waals surface area (Å²) in [5, 5.41) is 23.4. The number of hydrogen-bond acceptors (Lipinski definition) is 3. The van der Waals surface area contributed by atoms with Gasteiger partial charge in [0.25, 0.3) is 0 Å². The molecule has 1 spiro atoms. The molecule has 1 aliphatic carbocycles. The number of nitrogens with zero attached hydrogens (tertiary/aromatic N) is 2. The molecule has 10 atom stereocenters. The zero-order chi connectivity index (χ0) is 18.0. The highest BCUT2D eigenvalue weighted by Crippen LogP contribution is 2.71. The van der Waals surface area contributed by atoms with Crippen LogP contribution >= 0.6 is 0 Å². The summed E-state index contributed by atoms with van der Waals surface area (Å²) >= 11 is 0. The fourth-order valence-corrected chi connectivity index (χ4v) is 9.03. The Morgan fingerprint density at radius 2 is 1.93 bits per heavy atom. The van der Waals surface area contributed by atoms with Gasteiger partial charge in [0.05, 0.1) is 30.1 Å². The van der Waals surface area contributed by atoms with Gasteiger partial charge in [0, 0.05) is 37.4 Å². The maximum Gasteiger partial charge on any atom is 0.194 e. The standard InChI is InChI=1S/C22H31N2O2.BrH/c1-4-12-13-10-16-19-22(14-8-6-7-9-15(14)23(19)3)11-17(18(13)20(22)25)24(16,5-2)21(12)26;/h6-9,12-13,16-21,25-26H,4-5,10-11H2,1-3H3;1H/q+1;/p-1/t12-,13+,16-,17-,18+,19-,20+,21+,22-,24?;/m0./s1. The number of para-hydroxylation sites is 1. The van der Waals surface area contributed by atoms with Crippen molar-refractivity contribution in [2.75, 3.05) is 18.5 Å². The third kappa shape index (κ3) is 1.63. The number of benzene rings is 1. The second kappa shape index (κ2) is 5.50. The number of halogens is 1. The summed E-state index contributed by atoms with van der Waals surface area (Å²) in [6.07, 6.45) is 2.71. The summed E-state index contributed by atoms with van der Waals surface area (Å²) < 4.78 is 0.849. The van der Waals surface area contributed by atoms with Crippen LogP contribution in [0.5, 0.6) is 0 Å². The monoisotopic (exact) mass is 434 g/mol. The van der Waals surface area contributed by atoms with Crippen molar-refractivity contribution in [3.63, 3.8) is 0 Å². The lowest BCUT2D eigenvalue weighted by Crippen LogP contribution is -3.00. The summed E-state index contributed by atoms with van der Waals surface area (Å²) in [7, 11) is 2.22. The van der Waals surface area contributed by atoms with Crippen LogP contribution in [0.15, 0.2) is 24.3 Å². The van der Waals surface area contributed by atoms with Gasteiger partial charge in [-0.25, -0.2) is 0 Å². The van der Waals surface area contributed by atoms with Gasteiger partial charge < -0.3 is 32.1 Å². The Morgan fingerprint density at radius 1 is 1.19 bits per heavy atom. The molecule has 5 fully saturated rings. The Bertz CT molecular complexity index is 789. The van der Waals surface area contributed by atoms with E-state index in [1.54, 1.807) is 0 Å². The number of quaternary nitrogens is 1. The Morgan fingerprint density at radius 3 is 2.63 bits per heavy atom. The quantitative estimate of drug-likeness (QED) is 0.592. The lowest BCUT2D eigenvalue weighted by molar-refractivity contribution is -1.04. The van der Waals surface area contributed by atoms with Gasteiger partial charge in [-0.3, -0.25) is 4.48 Å². The van der Waals surface area contributed by atoms with E-state index >= 15 is 0 Å². The van der Waals surface area contributed by atoms with Gasteiger partial charge in [0.2, 0.25) is 0 Å². The highest BCUT2D eigenvalue weighted by atomic mass is 79.9. The van der Waals surface area contributed by atoms with Crippen LogP contribution in [0.4, 0.5) is 5.69 Å². The molecule has 5 heteroatoms. The van der Waals surface area contributed by atoms with Crippen molar-refractivity contribution in [2.45, 2.75) is 69.0 Å². The molecule has 6 aliphatic rings. The second-order valence-corrected chi connectivity index (χ2v) is 9.67. The Kier molecular flexibility index (Phi) is 3.75. The maximum absolute atomic E-state index is 11.8. The van der Waals surface area contributed by atoms with E-state index in [0.717, 1.165) is 23.9 Å². The zero-order valence-electron chi connectivity index (χ0n) is 16.4. The molecule has 0 radical (unpaired) electrons. The number of rotatable bonds is 2. The van der Waals surface area contributed by atoms with Crippen molar-refractivity contribution in [1.29, 1.82) is 0 Å². The fraction of sp³-hybridized carbons (Fsp3) is 0.727. The SMILES string of the molecule is CC[C@H]1[C@H]2C[C@H]3[C@@H]4N(C)c5ccccc5[C@@]45C[C@@H]([C@@H]2[C@H]5O)[N+]3(CC)[C@@H]1O.[Br-]. The molecular formula is C22H31BrN2O2. The van der Waals surface area contributed by atoms with Crippen LogP contribution in [0.25, 0.3) is 0 Å². The molecule has 0 amide bonds. The summed E-state index contributed by atoms with van der Waals surface area (Å²) in [4.78, 5) is 2.46. The van der Waals surface area contributed by atoms with Crippen LogP contribution in [-0.4, -0.2) is 58.7 Å². The van der Waals surface area contributed by atoms with E-state index in [1.165, 1.54) is 17.7 Å². The van der Waals surface area contributed by atoms with E-state index in [9.17, 15) is 10.2 Å². The molecule has 4 nitrogen and oxygen atoms in total. The Balaban J connectivity index is 0.00000160. The third-order valence-electron chi connectivity index (χ3n) is 9.67. The maximum atomic E-state index is 11.8. The van der Waals surface area contributed by atoms with Crippen molar-refractivity contribution in [2.24, 2.45) is 17.8 Å². The Labute approximate surface area is 172 Å². The molecule has 1 saturated carbocycles. The predicted molar refractivity (Wildman–Crippen MR) is 101 cm³/mol. The van der Waals surface area contributed by atoms with Gasteiger partial charge in [0.1, 0.15) is 6.04 Å². The minimum absolute atomic E-state index is 0. The highest BCUT2D eigenvalue weighted by Gasteiger charge is 2.82. The number of fused-ring (bicyclic) bond motifs is 2. The number of likely N-dealkylation sites (N-methyl/N-ethyl adjacent to an activating group) is 2. The van der Waals surface area contributed by atoms with Gasteiger partial charge >= 0.3 is 0 Å². The average Bonchev–Trinajstić information content (AvgIpc) is 3.04. The number of aliphatic hydroxyl groups is 2. The van der Waals surface area contributed by atoms with Gasteiger partial charge in [-0.15, -0.1) is 0 Å². The molecule has 1 aromatic rings. The number of anilines is 1. The number of piperidine rings is 4. The van der Waals surface area contributed by atoms with Crippen LogP contribution in [0, 0.1) is 17.8 Å². The van der Waals surface area contributed by atoms with Crippen molar-refractivity contribution in [3.8, 4) is 0 Å². The minimum atomic E-state index is -0.272. The summed E-state index contributed by atoms with van der Waals surface area (Å²) in [5.74, 6) is 1.18. The minimum Gasteiger partial charge on any atom is -1.00 e. The second-order valence-electron chi connectivity index (χ2n) is 9.67. The molecule has 27 heavy (non-hydrogen) atoms. The lowest BCUT2D eigenvalue weighted by atomic mass is 9.60. The largest absolute Gasteiger partial charge is 1.00 e. The molecular weight excluding hydrogens is 404 g/mol. The normalized spacial score (nSPS) is 53.3. The highest BCUT2D eigenvalue weighted by molar-refractivity contribution is 5.66. The van der Waals surface area contributed by atoms with E-state index < -0.39 is 0 Å². The first-order chi connectivity index (χ1) is 12.5. The summed E-state index contributed by atoms with van der Waals surface area (Å²) in [6.45, 7) is 5.48. The molecule has 7 rings (SSSR count). The van der Waals surface area contributed by atoms with Gasteiger partial charge in [-0.2, -0.15) is 0 Å². The molecule has 1 aromatic carbocycles. The zero-order valence-corrected chi connectivity index (χ0v) is 18.0. The molecule has 5 bridgehead atoms. The first-order valence-corrected chi connectivity index (χ1v) is 10.6. The number of hydrogen-bond donors (Lipinski definition) is 2. The van der Waals surface area contributed by atoms with E-state index in [2.05, 4.69) is 50.1 Å². The van der Waals surface area contributed by atoms with Crippen molar-refractivity contribution < 1.29 is 31.7 Å². The molecule has 1 unspecified atom stereocenters. The predicted octanol–water partition coefficient (Wildman–Crippen LogP) is -0.907. The lowest BCUT2D eigenvalue weighted by Gasteiger charge is -2.67. The first kappa shape index (κ1) is 18.4. The van der Waals surface area contributed by atoms with Crippen molar-refractivity contribution in [1.82, 2.24) is 0 Å². The van der Waals surface area contributed by atoms with Crippen LogP contribution in [-0.2, 0) is 5.41 Å². The van der Waals surface area contributed by atoms with Crippen LogP contribution in [0.3, 0.4) is 0 Å². The third-order valence-corrected chi connectivity index (χ3v) is 9.67. The molecule has 2 N–H and O–H groups in total. The van der Waals surface area contributed by atoms with Gasteiger partial charge in [-0.05, 0) is 30.9 Å². The molecule has 0 aromatic heterocycles. The van der Waals surface area contributed by atoms with Crippen LogP contribution in [0.2, 0.25) is 0 Å². The summed E-state index contributed by atoms with van der Waals surface area (Å²) in [6, 6.07) is 9.93. The number of aliphatic hydroxyl groups excluding tert-OH is 2. The molecule has 5 heterocycles. The topological polar surface area (TPSA) is 43.7 Å². The fourth-order valence-electron chi connectivity index (χ4n) is 9.03. The average molecular weight is 435 g/mol. The molecule has 4 saturated heterocycles. The summed E-state index contributed by atoms with van der Waals surface area (Å²) in [5.41, 5.74) is 2.55. The van der Waals surface area contributed by atoms with E-state index in [4.69, 9.17) is 0 Å². The smallest absolute Gasteiger partial charge is 0.194 e. The van der Waals surface area contributed by atoms with E-state index in [0.29, 0.717) is 35.9 Å². The Hall–Kier alpha value is -0.620. The van der Waals surface area contributed by atoms with E-state index in [-0.39, 0.29) is 34.7 Å². The first-order valence-electron chi connectivity index (χ1n) is 10.6. The van der Waals surface area contributed by atoms with E-state index in [1.807, 2.05) is 0 Å².